The van der Waals surface area contributed by atoms with Crippen molar-refractivity contribution in [2.75, 3.05) is 0 Å². The van der Waals surface area contributed by atoms with Crippen LogP contribution >= 0.6 is 12.2 Å². The highest BCUT2D eigenvalue weighted by atomic mass is 32.1. The summed E-state index contributed by atoms with van der Waals surface area (Å²) in [5, 5.41) is 4.80. The number of aromatic amines is 1. The lowest BCUT2D eigenvalue weighted by atomic mass is 9.78. The van der Waals surface area contributed by atoms with Crippen LogP contribution in [0.5, 0.6) is 0 Å². The molecule has 1 saturated carbocycles. The van der Waals surface area contributed by atoms with E-state index >= 15 is 0 Å². The molecule has 1 fully saturated rings. The van der Waals surface area contributed by atoms with Gasteiger partial charge in [0.1, 0.15) is 5.69 Å². The van der Waals surface area contributed by atoms with Crippen molar-refractivity contribution in [2.45, 2.75) is 39.2 Å². The topological polar surface area (TPSA) is 68.9 Å². The Morgan fingerprint density at radius 3 is 2.79 bits per heavy atom. The minimum Gasteiger partial charge on any atom is -0.358 e. The third-order valence-electron chi connectivity index (χ3n) is 5.09. The van der Waals surface area contributed by atoms with E-state index in [0.29, 0.717) is 28.7 Å². The highest BCUT2D eigenvalue weighted by Crippen LogP contribution is 2.29. The van der Waals surface area contributed by atoms with Crippen LogP contribution in [-0.4, -0.2) is 22.0 Å². The van der Waals surface area contributed by atoms with Gasteiger partial charge in [0.15, 0.2) is 5.11 Å². The van der Waals surface area contributed by atoms with Crippen molar-refractivity contribution >= 4 is 34.1 Å². The Morgan fingerprint density at radius 1 is 1.21 bits per heavy atom. The fourth-order valence-corrected chi connectivity index (χ4v) is 3.57. The van der Waals surface area contributed by atoms with Crippen LogP contribution in [0.4, 0.5) is 0 Å². The maximum atomic E-state index is 12.2. The minimum atomic E-state index is -0.236. The van der Waals surface area contributed by atoms with Gasteiger partial charge in [-0.15, -0.1) is 0 Å². The summed E-state index contributed by atoms with van der Waals surface area (Å²) >= 11 is 5.31. The van der Waals surface area contributed by atoms with Gasteiger partial charge < -0.3 is 10.3 Å². The van der Waals surface area contributed by atoms with Crippen molar-refractivity contribution in [1.82, 2.24) is 21.2 Å². The van der Waals surface area contributed by atoms with E-state index in [1.165, 1.54) is 12.8 Å². The minimum absolute atomic E-state index is 0.236. The normalized spacial score (nSPS) is 23.7. The molecule has 0 bridgehead atoms. The molecule has 0 spiro atoms. The molecule has 1 aromatic heterocycles. The largest absolute Gasteiger partial charge is 0.358 e. The summed E-state index contributed by atoms with van der Waals surface area (Å²) in [6.45, 7) is 4.54. The number of para-hydroxylation sites is 1. The highest BCUT2D eigenvalue weighted by molar-refractivity contribution is 7.80. The van der Waals surface area contributed by atoms with Crippen LogP contribution in [0.3, 0.4) is 0 Å². The van der Waals surface area contributed by atoms with Gasteiger partial charge in [0.25, 0.3) is 5.91 Å². The molecule has 5 nitrogen and oxygen atoms in total. The van der Waals surface area contributed by atoms with Gasteiger partial charge in [-0.05, 0) is 42.6 Å². The Hall–Kier alpha value is -2.08. The lowest BCUT2D eigenvalue weighted by Gasteiger charge is -2.35. The first-order valence-corrected chi connectivity index (χ1v) is 8.90. The van der Waals surface area contributed by atoms with Crippen molar-refractivity contribution in [3.8, 4) is 0 Å². The Labute approximate surface area is 147 Å². The molecule has 0 saturated heterocycles. The number of nitrogens with one attached hydrogen (secondary N) is 4. The van der Waals surface area contributed by atoms with E-state index in [2.05, 4.69) is 35.0 Å². The second-order valence-electron chi connectivity index (χ2n) is 6.70. The van der Waals surface area contributed by atoms with E-state index in [4.69, 9.17) is 12.2 Å². The van der Waals surface area contributed by atoms with E-state index in [1.54, 1.807) is 0 Å². The summed E-state index contributed by atoms with van der Waals surface area (Å²) in [5.74, 6) is 1.03. The molecule has 0 aliphatic heterocycles. The molecule has 6 heteroatoms. The zero-order chi connectivity index (χ0) is 17.1. The van der Waals surface area contributed by atoms with E-state index in [-0.39, 0.29) is 5.91 Å². The molecule has 2 aromatic rings. The SMILES string of the molecule is C[C@@H]1[C@H](C)CCC[C@H]1NC(=S)NNC(=O)c1cc2ccccc2[nH]1. The van der Waals surface area contributed by atoms with E-state index in [0.717, 1.165) is 17.3 Å². The van der Waals surface area contributed by atoms with Crippen molar-refractivity contribution in [3.05, 3.63) is 36.0 Å². The van der Waals surface area contributed by atoms with Crippen molar-refractivity contribution in [3.63, 3.8) is 0 Å². The molecule has 3 rings (SSSR count). The molecule has 0 unspecified atom stereocenters. The number of thiocarbonyl (C=S) groups is 1. The fourth-order valence-electron chi connectivity index (χ4n) is 3.37. The average Bonchev–Trinajstić information content (AvgIpc) is 3.01. The van der Waals surface area contributed by atoms with Gasteiger partial charge in [0.2, 0.25) is 0 Å². The zero-order valence-corrected chi connectivity index (χ0v) is 14.9. The summed E-state index contributed by atoms with van der Waals surface area (Å²) in [6, 6.07) is 9.98. The molecule has 1 heterocycles. The number of aromatic nitrogens is 1. The van der Waals surface area contributed by atoms with Crippen LogP contribution < -0.4 is 16.2 Å². The first kappa shape index (κ1) is 16.8. The smallest absolute Gasteiger partial charge is 0.286 e. The van der Waals surface area contributed by atoms with Gasteiger partial charge in [-0.2, -0.15) is 0 Å². The van der Waals surface area contributed by atoms with Crippen LogP contribution in [0.1, 0.15) is 43.6 Å². The molecule has 3 atom stereocenters. The van der Waals surface area contributed by atoms with E-state index in [1.807, 2.05) is 30.3 Å². The summed E-state index contributed by atoms with van der Waals surface area (Å²) in [7, 11) is 0. The molecule has 4 N–H and O–H groups in total. The van der Waals surface area contributed by atoms with Gasteiger partial charge in [0.05, 0.1) is 0 Å². The fraction of sp³-hybridized carbons (Fsp3) is 0.444. The van der Waals surface area contributed by atoms with Gasteiger partial charge in [-0.25, -0.2) is 0 Å². The molecule has 128 valence electrons. The Balaban J connectivity index is 1.53. The number of fused-ring (bicyclic) bond motifs is 1. The first-order valence-electron chi connectivity index (χ1n) is 8.49. The van der Waals surface area contributed by atoms with Crippen LogP contribution in [0, 0.1) is 11.8 Å². The number of amides is 1. The van der Waals surface area contributed by atoms with Crippen molar-refractivity contribution in [1.29, 1.82) is 0 Å². The third-order valence-corrected chi connectivity index (χ3v) is 5.31. The second kappa shape index (κ2) is 7.21. The van der Waals surface area contributed by atoms with Crippen molar-refractivity contribution in [2.24, 2.45) is 11.8 Å². The van der Waals surface area contributed by atoms with Crippen molar-refractivity contribution < 1.29 is 4.79 Å². The maximum absolute atomic E-state index is 12.2. The molecule has 1 amide bonds. The number of hydrazine groups is 1. The Bertz CT molecular complexity index is 708. The van der Waals surface area contributed by atoms with E-state index < -0.39 is 0 Å². The second-order valence-corrected chi connectivity index (χ2v) is 7.10. The quantitative estimate of drug-likeness (QED) is 0.499. The highest BCUT2D eigenvalue weighted by Gasteiger charge is 2.27. The summed E-state index contributed by atoms with van der Waals surface area (Å²) in [4.78, 5) is 15.3. The van der Waals surface area contributed by atoms with E-state index in [9.17, 15) is 4.79 Å². The molecule has 1 aliphatic rings. The van der Waals surface area contributed by atoms with Crippen LogP contribution in [0.25, 0.3) is 10.9 Å². The number of carbonyl (C=O) groups excluding carboxylic acids is 1. The number of hydrogen-bond acceptors (Lipinski definition) is 2. The standard InChI is InChI=1S/C18H24N4OS/c1-11-6-5-9-14(12(11)2)20-18(24)22-21-17(23)16-10-13-7-3-4-8-15(13)19-16/h3-4,7-8,10-12,14,19H,5-6,9H2,1-2H3,(H,21,23)(H2,20,22,24)/t11-,12-,14-/m1/s1. The number of carbonyl (C=O) groups is 1. The Kier molecular flexibility index (Phi) is 5.04. The van der Waals surface area contributed by atoms with Crippen LogP contribution in [0.15, 0.2) is 30.3 Å². The zero-order valence-electron chi connectivity index (χ0n) is 14.1. The van der Waals surface area contributed by atoms with Gasteiger partial charge >= 0.3 is 0 Å². The van der Waals surface area contributed by atoms with Gasteiger partial charge in [-0.3, -0.25) is 15.6 Å². The number of rotatable bonds is 2. The predicted molar refractivity (Wildman–Crippen MR) is 101 cm³/mol. The van der Waals surface area contributed by atoms with Crippen LogP contribution in [-0.2, 0) is 0 Å². The summed E-state index contributed by atoms with van der Waals surface area (Å²) in [6.07, 6.45) is 3.60. The first-order chi connectivity index (χ1) is 11.5. The summed E-state index contributed by atoms with van der Waals surface area (Å²) < 4.78 is 0. The average molecular weight is 344 g/mol. The molecule has 1 aromatic carbocycles. The molecular weight excluding hydrogens is 320 g/mol. The molecule has 24 heavy (non-hydrogen) atoms. The van der Waals surface area contributed by atoms with Gasteiger partial charge in [-0.1, -0.05) is 44.9 Å². The third kappa shape index (κ3) is 3.70. The maximum Gasteiger partial charge on any atom is 0.286 e. The summed E-state index contributed by atoms with van der Waals surface area (Å²) in [5.41, 5.74) is 6.90. The monoisotopic (exact) mass is 344 g/mol. The predicted octanol–water partition coefficient (Wildman–Crippen LogP) is 3.10. The van der Waals surface area contributed by atoms with Gasteiger partial charge in [0, 0.05) is 16.9 Å². The van der Waals surface area contributed by atoms with Crippen LogP contribution in [0.2, 0.25) is 0 Å². The number of benzene rings is 1. The lowest BCUT2D eigenvalue weighted by molar-refractivity contribution is 0.0939. The number of hydrogen-bond donors (Lipinski definition) is 4. The molecular formula is C18H24N4OS. The molecule has 0 radical (unpaired) electrons. The Morgan fingerprint density at radius 2 is 2.00 bits per heavy atom. The molecule has 1 aliphatic carbocycles. The number of H-pyrrole nitrogens is 1. The lowest BCUT2D eigenvalue weighted by Crippen LogP contribution is -2.52.